The maximum absolute atomic E-state index is 12.2. The standard InChI is InChI=1S/C26H25NO3/c1-18-19(10-8-15-25(18)28)9-6-7-16-27-26(29)30-17-24-22-13-4-2-11-20(22)21-12-3-5-14-23(21)24/h2-6,8-15,24,28H,7,16-17H2,1H3,(H,27,29). The average molecular weight is 399 g/mol. The molecule has 0 atom stereocenters. The third-order valence-electron chi connectivity index (χ3n) is 5.57. The zero-order chi connectivity index (χ0) is 20.9. The van der Waals surface area contributed by atoms with E-state index in [9.17, 15) is 9.90 Å². The summed E-state index contributed by atoms with van der Waals surface area (Å²) in [6.45, 7) is 2.69. The number of rotatable bonds is 6. The third kappa shape index (κ3) is 4.08. The van der Waals surface area contributed by atoms with Crippen LogP contribution in [0.25, 0.3) is 17.2 Å². The number of amides is 1. The predicted octanol–water partition coefficient (Wildman–Crippen LogP) is 5.64. The van der Waals surface area contributed by atoms with Crippen LogP contribution < -0.4 is 5.32 Å². The Morgan fingerprint density at radius 1 is 1.00 bits per heavy atom. The lowest BCUT2D eigenvalue weighted by atomic mass is 9.98. The molecule has 0 saturated heterocycles. The monoisotopic (exact) mass is 399 g/mol. The van der Waals surface area contributed by atoms with E-state index in [4.69, 9.17) is 4.74 Å². The molecule has 0 aromatic heterocycles. The number of phenolic OH excluding ortho intramolecular Hbond substituents is 1. The minimum absolute atomic E-state index is 0.0665. The van der Waals surface area contributed by atoms with Crippen LogP contribution in [0, 0.1) is 6.92 Å². The molecule has 0 saturated carbocycles. The van der Waals surface area contributed by atoms with Crippen molar-refractivity contribution in [2.24, 2.45) is 0 Å². The molecule has 30 heavy (non-hydrogen) atoms. The molecule has 0 heterocycles. The highest BCUT2D eigenvalue weighted by Crippen LogP contribution is 2.44. The molecule has 4 heteroatoms. The molecule has 4 nitrogen and oxygen atoms in total. The fourth-order valence-corrected chi connectivity index (χ4v) is 3.94. The molecule has 3 aromatic carbocycles. The Balaban J connectivity index is 1.28. The molecule has 0 unspecified atom stereocenters. The van der Waals surface area contributed by atoms with E-state index in [-0.39, 0.29) is 11.7 Å². The van der Waals surface area contributed by atoms with E-state index in [1.807, 2.05) is 55.5 Å². The van der Waals surface area contributed by atoms with Gasteiger partial charge in [0.2, 0.25) is 0 Å². The molecule has 0 aliphatic heterocycles. The van der Waals surface area contributed by atoms with Gasteiger partial charge in [-0.15, -0.1) is 0 Å². The zero-order valence-electron chi connectivity index (χ0n) is 17.0. The van der Waals surface area contributed by atoms with Crippen LogP contribution in [0.3, 0.4) is 0 Å². The van der Waals surface area contributed by atoms with Crippen molar-refractivity contribution < 1.29 is 14.6 Å². The molecule has 1 amide bonds. The molecule has 0 fully saturated rings. The Morgan fingerprint density at radius 3 is 2.37 bits per heavy atom. The summed E-state index contributed by atoms with van der Waals surface area (Å²) < 4.78 is 5.53. The first-order valence-corrected chi connectivity index (χ1v) is 10.2. The number of carbonyl (C=O) groups excluding carboxylic acids is 1. The summed E-state index contributed by atoms with van der Waals surface area (Å²) in [6.07, 6.45) is 4.21. The van der Waals surface area contributed by atoms with Crippen molar-refractivity contribution in [3.05, 3.63) is 95.1 Å². The number of ether oxygens (including phenoxy) is 1. The van der Waals surface area contributed by atoms with Gasteiger partial charge in [0.25, 0.3) is 0 Å². The highest BCUT2D eigenvalue weighted by molar-refractivity contribution is 5.79. The second kappa shape index (κ2) is 8.87. The Hall–Kier alpha value is -3.53. The van der Waals surface area contributed by atoms with Gasteiger partial charge in [0, 0.05) is 12.5 Å². The normalized spacial score (nSPS) is 12.6. The number of aromatic hydroxyl groups is 1. The van der Waals surface area contributed by atoms with Crippen LogP contribution >= 0.6 is 0 Å². The SMILES string of the molecule is Cc1c(O)cccc1C=CCCNC(=O)OCC1c2ccccc2-c2ccccc21. The largest absolute Gasteiger partial charge is 0.508 e. The van der Waals surface area contributed by atoms with Gasteiger partial charge in [0.1, 0.15) is 12.4 Å². The highest BCUT2D eigenvalue weighted by atomic mass is 16.5. The highest BCUT2D eigenvalue weighted by Gasteiger charge is 2.28. The fourth-order valence-electron chi connectivity index (χ4n) is 3.94. The Kier molecular flexibility index (Phi) is 5.84. The van der Waals surface area contributed by atoms with Gasteiger partial charge in [-0.25, -0.2) is 4.79 Å². The molecule has 2 N–H and O–H groups in total. The number of phenols is 1. The third-order valence-corrected chi connectivity index (χ3v) is 5.57. The van der Waals surface area contributed by atoms with Crippen molar-refractivity contribution in [1.29, 1.82) is 0 Å². The Bertz CT molecular complexity index is 1040. The van der Waals surface area contributed by atoms with Crippen molar-refractivity contribution in [2.75, 3.05) is 13.2 Å². The Morgan fingerprint density at radius 2 is 1.67 bits per heavy atom. The first-order valence-electron chi connectivity index (χ1n) is 10.2. The molecular formula is C26H25NO3. The molecule has 152 valence electrons. The van der Waals surface area contributed by atoms with Crippen molar-refractivity contribution in [3.63, 3.8) is 0 Å². The summed E-state index contributed by atoms with van der Waals surface area (Å²) in [6, 6.07) is 22.0. The lowest BCUT2D eigenvalue weighted by molar-refractivity contribution is 0.143. The first kappa shape index (κ1) is 19.8. The fraction of sp³-hybridized carbons (Fsp3) is 0.192. The quantitative estimate of drug-likeness (QED) is 0.527. The van der Waals surface area contributed by atoms with Crippen molar-refractivity contribution in [2.45, 2.75) is 19.3 Å². The maximum atomic E-state index is 12.2. The van der Waals surface area contributed by atoms with Gasteiger partial charge in [-0.2, -0.15) is 0 Å². The van der Waals surface area contributed by atoms with Crippen LogP contribution in [0.4, 0.5) is 4.79 Å². The number of hydrogen-bond donors (Lipinski definition) is 2. The lowest BCUT2D eigenvalue weighted by Gasteiger charge is -2.14. The van der Waals surface area contributed by atoms with Crippen LogP contribution in [-0.2, 0) is 4.74 Å². The molecule has 0 radical (unpaired) electrons. The smallest absolute Gasteiger partial charge is 0.407 e. The van der Waals surface area contributed by atoms with Crippen LogP contribution in [0.15, 0.2) is 72.8 Å². The van der Waals surface area contributed by atoms with Crippen LogP contribution in [0.1, 0.15) is 34.6 Å². The molecule has 0 spiro atoms. The van der Waals surface area contributed by atoms with Gasteiger partial charge in [-0.1, -0.05) is 72.8 Å². The van der Waals surface area contributed by atoms with Gasteiger partial charge >= 0.3 is 6.09 Å². The zero-order valence-corrected chi connectivity index (χ0v) is 17.0. The van der Waals surface area contributed by atoms with E-state index in [1.165, 1.54) is 22.3 Å². The summed E-state index contributed by atoms with van der Waals surface area (Å²) in [5, 5.41) is 12.5. The van der Waals surface area contributed by atoms with E-state index >= 15 is 0 Å². The van der Waals surface area contributed by atoms with Gasteiger partial charge in [-0.3, -0.25) is 0 Å². The van der Waals surface area contributed by atoms with Gasteiger partial charge in [0.05, 0.1) is 0 Å². The van der Waals surface area contributed by atoms with Gasteiger partial charge in [0.15, 0.2) is 0 Å². The molecule has 0 bridgehead atoms. The van der Waals surface area contributed by atoms with E-state index in [0.29, 0.717) is 19.6 Å². The summed E-state index contributed by atoms with van der Waals surface area (Å²) in [7, 11) is 0. The number of hydrogen-bond acceptors (Lipinski definition) is 3. The summed E-state index contributed by atoms with van der Waals surface area (Å²) in [5.41, 5.74) is 6.66. The average Bonchev–Trinajstić information content (AvgIpc) is 3.09. The lowest BCUT2D eigenvalue weighted by Crippen LogP contribution is -2.26. The van der Waals surface area contributed by atoms with Crippen molar-refractivity contribution in [1.82, 2.24) is 5.32 Å². The van der Waals surface area contributed by atoms with Gasteiger partial charge in [-0.05, 0) is 52.8 Å². The summed E-state index contributed by atoms with van der Waals surface area (Å²) >= 11 is 0. The number of fused-ring (bicyclic) bond motifs is 3. The number of alkyl carbamates (subject to hydrolysis) is 1. The second-order valence-electron chi connectivity index (χ2n) is 7.43. The topological polar surface area (TPSA) is 58.6 Å². The number of nitrogens with one attached hydrogen (secondary N) is 1. The van der Waals surface area contributed by atoms with Crippen LogP contribution in [-0.4, -0.2) is 24.4 Å². The minimum Gasteiger partial charge on any atom is -0.508 e. The van der Waals surface area contributed by atoms with Crippen LogP contribution in [0.2, 0.25) is 0 Å². The van der Waals surface area contributed by atoms with Gasteiger partial charge < -0.3 is 15.2 Å². The number of benzene rings is 3. The molecule has 3 aromatic rings. The Labute approximate surface area is 176 Å². The molecule has 1 aliphatic rings. The van der Waals surface area contributed by atoms with Crippen molar-refractivity contribution >= 4 is 12.2 Å². The van der Waals surface area contributed by atoms with E-state index < -0.39 is 6.09 Å². The van der Waals surface area contributed by atoms with Crippen molar-refractivity contribution in [3.8, 4) is 16.9 Å². The van der Waals surface area contributed by atoms with E-state index in [2.05, 4.69) is 29.6 Å². The predicted molar refractivity (Wildman–Crippen MR) is 120 cm³/mol. The number of carbonyl (C=O) groups is 1. The molecular weight excluding hydrogens is 374 g/mol. The van der Waals surface area contributed by atoms with E-state index in [1.54, 1.807) is 6.07 Å². The minimum atomic E-state index is -0.404. The molecule has 4 rings (SSSR count). The van der Waals surface area contributed by atoms with E-state index in [0.717, 1.165) is 11.1 Å². The first-order chi connectivity index (χ1) is 14.6. The van der Waals surface area contributed by atoms with Crippen LogP contribution in [0.5, 0.6) is 5.75 Å². The second-order valence-corrected chi connectivity index (χ2v) is 7.43. The summed E-state index contributed by atoms with van der Waals surface area (Å²) in [4.78, 5) is 12.2. The summed E-state index contributed by atoms with van der Waals surface area (Å²) in [5.74, 6) is 0.352. The molecule has 1 aliphatic carbocycles. The maximum Gasteiger partial charge on any atom is 0.407 e.